The number of aryl methyl sites for hydroxylation is 1. The van der Waals surface area contributed by atoms with Crippen LogP contribution in [0.3, 0.4) is 0 Å². The van der Waals surface area contributed by atoms with Crippen molar-refractivity contribution in [3.05, 3.63) is 29.3 Å². The molecule has 0 aliphatic carbocycles. The van der Waals surface area contributed by atoms with Gasteiger partial charge in [-0.1, -0.05) is 11.8 Å². The molecule has 4 heteroatoms. The van der Waals surface area contributed by atoms with Crippen LogP contribution in [0.25, 0.3) is 0 Å². The minimum absolute atomic E-state index is 0.530. The fourth-order valence-electron chi connectivity index (χ4n) is 1.56. The SMILES string of the molecule is COCCOCCOc1ccc(C#CCCCl)cc1C. The Balaban J connectivity index is 2.38. The van der Waals surface area contributed by atoms with Crippen molar-refractivity contribution in [1.82, 2.24) is 0 Å². The lowest BCUT2D eigenvalue weighted by Gasteiger charge is -2.09. The molecule has 0 aliphatic heterocycles. The maximum absolute atomic E-state index is 5.66. The van der Waals surface area contributed by atoms with Gasteiger partial charge in [0, 0.05) is 25.0 Å². The molecule has 0 saturated carbocycles. The van der Waals surface area contributed by atoms with Gasteiger partial charge in [-0.05, 0) is 30.7 Å². The Hall–Kier alpha value is -1.21. The summed E-state index contributed by atoms with van der Waals surface area (Å²) >= 11 is 5.58. The van der Waals surface area contributed by atoms with Crippen molar-refractivity contribution in [3.8, 4) is 17.6 Å². The van der Waals surface area contributed by atoms with Crippen molar-refractivity contribution in [2.45, 2.75) is 13.3 Å². The van der Waals surface area contributed by atoms with Crippen LogP contribution >= 0.6 is 11.6 Å². The summed E-state index contributed by atoms with van der Waals surface area (Å²) in [5, 5.41) is 0. The summed E-state index contributed by atoms with van der Waals surface area (Å²) in [7, 11) is 1.65. The van der Waals surface area contributed by atoms with E-state index < -0.39 is 0 Å². The number of benzene rings is 1. The summed E-state index contributed by atoms with van der Waals surface area (Å²) in [4.78, 5) is 0. The number of ether oxygens (including phenoxy) is 3. The maximum Gasteiger partial charge on any atom is 0.122 e. The summed E-state index contributed by atoms with van der Waals surface area (Å²) in [5.41, 5.74) is 2.05. The van der Waals surface area contributed by atoms with Crippen LogP contribution in [0.4, 0.5) is 0 Å². The van der Waals surface area contributed by atoms with Crippen LogP contribution in [-0.2, 0) is 9.47 Å². The highest BCUT2D eigenvalue weighted by molar-refractivity contribution is 6.18. The molecule has 0 spiro atoms. The number of hydrogen-bond acceptors (Lipinski definition) is 3. The normalized spacial score (nSPS) is 9.95. The average molecular weight is 297 g/mol. The first kappa shape index (κ1) is 16.8. The molecular formula is C16H21ClO3. The number of rotatable bonds is 8. The second kappa shape index (κ2) is 10.6. The molecule has 0 bridgehead atoms. The molecule has 0 heterocycles. The van der Waals surface area contributed by atoms with E-state index in [1.165, 1.54) is 0 Å². The van der Waals surface area contributed by atoms with Crippen LogP contribution in [0.5, 0.6) is 5.75 Å². The molecular weight excluding hydrogens is 276 g/mol. The third-order valence-electron chi connectivity index (χ3n) is 2.54. The van der Waals surface area contributed by atoms with Crippen molar-refractivity contribution < 1.29 is 14.2 Å². The molecule has 1 aromatic rings. The summed E-state index contributed by atoms with van der Waals surface area (Å²) in [6.07, 6.45) is 0.706. The molecule has 0 atom stereocenters. The standard InChI is InChI=1S/C16H21ClO3/c1-14-13-15(5-3-4-8-17)6-7-16(14)20-12-11-19-10-9-18-2/h6-7,13H,4,8-12H2,1-2H3. The number of alkyl halides is 1. The third kappa shape index (κ3) is 6.81. The largest absolute Gasteiger partial charge is 0.491 e. The van der Waals surface area contributed by atoms with Crippen LogP contribution in [0.1, 0.15) is 17.5 Å². The molecule has 0 radical (unpaired) electrons. The molecule has 0 saturated heterocycles. The molecule has 1 rings (SSSR count). The van der Waals surface area contributed by atoms with Gasteiger partial charge < -0.3 is 14.2 Å². The second-order valence-electron chi connectivity index (χ2n) is 4.17. The van der Waals surface area contributed by atoms with E-state index >= 15 is 0 Å². The lowest BCUT2D eigenvalue weighted by molar-refractivity contribution is 0.0543. The Morgan fingerprint density at radius 2 is 1.95 bits per heavy atom. The predicted octanol–water partition coefficient (Wildman–Crippen LogP) is 3.02. The number of hydrogen-bond donors (Lipinski definition) is 0. The topological polar surface area (TPSA) is 27.7 Å². The zero-order valence-corrected chi connectivity index (χ0v) is 12.8. The summed E-state index contributed by atoms with van der Waals surface area (Å²) in [6.45, 7) is 4.29. The Morgan fingerprint density at radius 3 is 2.65 bits per heavy atom. The van der Waals surface area contributed by atoms with Gasteiger partial charge in [-0.25, -0.2) is 0 Å². The maximum atomic E-state index is 5.66. The molecule has 1 aromatic carbocycles. The Morgan fingerprint density at radius 1 is 1.15 bits per heavy atom. The Labute approximate surface area is 126 Å². The van der Waals surface area contributed by atoms with E-state index in [0.29, 0.717) is 38.7 Å². The first-order chi connectivity index (χ1) is 9.77. The monoisotopic (exact) mass is 296 g/mol. The molecule has 20 heavy (non-hydrogen) atoms. The summed E-state index contributed by atoms with van der Waals surface area (Å²) < 4.78 is 15.9. The smallest absolute Gasteiger partial charge is 0.122 e. The van der Waals surface area contributed by atoms with E-state index in [1.807, 2.05) is 25.1 Å². The van der Waals surface area contributed by atoms with Crippen molar-refractivity contribution in [2.24, 2.45) is 0 Å². The highest BCUT2D eigenvalue weighted by Gasteiger charge is 2.00. The molecule has 0 aromatic heterocycles. The minimum atomic E-state index is 0.530. The molecule has 0 aliphatic rings. The van der Waals surface area contributed by atoms with Crippen LogP contribution < -0.4 is 4.74 Å². The van der Waals surface area contributed by atoms with Crippen LogP contribution in [0.15, 0.2) is 18.2 Å². The first-order valence-corrected chi connectivity index (χ1v) is 7.16. The second-order valence-corrected chi connectivity index (χ2v) is 4.55. The van der Waals surface area contributed by atoms with E-state index in [0.717, 1.165) is 16.9 Å². The third-order valence-corrected chi connectivity index (χ3v) is 2.73. The summed E-state index contributed by atoms with van der Waals surface area (Å²) in [6, 6.07) is 5.91. The van der Waals surface area contributed by atoms with Gasteiger partial charge in [-0.2, -0.15) is 0 Å². The van der Waals surface area contributed by atoms with Gasteiger partial charge >= 0.3 is 0 Å². The Bertz CT molecular complexity index is 449. The quantitative estimate of drug-likeness (QED) is 0.419. The zero-order chi connectivity index (χ0) is 14.6. The van der Waals surface area contributed by atoms with Crippen molar-refractivity contribution in [3.63, 3.8) is 0 Å². The highest BCUT2D eigenvalue weighted by atomic mass is 35.5. The molecule has 0 unspecified atom stereocenters. The van der Waals surface area contributed by atoms with E-state index in [1.54, 1.807) is 7.11 Å². The van der Waals surface area contributed by atoms with Crippen LogP contribution in [-0.4, -0.2) is 39.4 Å². The van der Waals surface area contributed by atoms with Crippen LogP contribution in [0, 0.1) is 18.8 Å². The van der Waals surface area contributed by atoms with Crippen LogP contribution in [0.2, 0.25) is 0 Å². The molecule has 0 fully saturated rings. The van der Waals surface area contributed by atoms with E-state index in [4.69, 9.17) is 25.8 Å². The van der Waals surface area contributed by atoms with E-state index in [9.17, 15) is 0 Å². The first-order valence-electron chi connectivity index (χ1n) is 6.63. The average Bonchev–Trinajstić information content (AvgIpc) is 2.45. The zero-order valence-electron chi connectivity index (χ0n) is 12.1. The van der Waals surface area contributed by atoms with Gasteiger partial charge in [-0.3, -0.25) is 0 Å². The molecule has 3 nitrogen and oxygen atoms in total. The minimum Gasteiger partial charge on any atom is -0.491 e. The van der Waals surface area contributed by atoms with Gasteiger partial charge in [0.25, 0.3) is 0 Å². The van der Waals surface area contributed by atoms with Gasteiger partial charge in [0.05, 0.1) is 19.8 Å². The van der Waals surface area contributed by atoms with Gasteiger partial charge in [0.15, 0.2) is 0 Å². The van der Waals surface area contributed by atoms with Crippen molar-refractivity contribution >= 4 is 11.6 Å². The summed E-state index contributed by atoms with van der Waals surface area (Å²) in [5.74, 6) is 7.52. The lowest BCUT2D eigenvalue weighted by Crippen LogP contribution is -2.10. The predicted molar refractivity (Wildman–Crippen MR) is 81.6 cm³/mol. The van der Waals surface area contributed by atoms with Gasteiger partial charge in [-0.15, -0.1) is 11.6 Å². The molecule has 110 valence electrons. The number of halogens is 1. The lowest BCUT2D eigenvalue weighted by atomic mass is 10.1. The Kier molecular flexibility index (Phi) is 8.90. The van der Waals surface area contributed by atoms with E-state index in [-0.39, 0.29) is 0 Å². The molecule has 0 amide bonds. The fourth-order valence-corrected chi connectivity index (χ4v) is 1.65. The fraction of sp³-hybridized carbons (Fsp3) is 0.500. The molecule has 0 N–H and O–H groups in total. The number of methoxy groups -OCH3 is 1. The van der Waals surface area contributed by atoms with Gasteiger partial charge in [0.2, 0.25) is 0 Å². The van der Waals surface area contributed by atoms with Crippen molar-refractivity contribution in [2.75, 3.05) is 39.4 Å². The van der Waals surface area contributed by atoms with Gasteiger partial charge in [0.1, 0.15) is 12.4 Å². The van der Waals surface area contributed by atoms with Crippen molar-refractivity contribution in [1.29, 1.82) is 0 Å². The highest BCUT2D eigenvalue weighted by Crippen LogP contribution is 2.18. The van der Waals surface area contributed by atoms with E-state index in [2.05, 4.69) is 11.8 Å².